The first-order chi connectivity index (χ1) is 12.4. The van der Waals surface area contributed by atoms with Gasteiger partial charge < -0.3 is 19.6 Å². The summed E-state index contributed by atoms with van der Waals surface area (Å²) in [5.74, 6) is -0.944. The second-order valence-corrected chi connectivity index (χ2v) is 5.59. The van der Waals surface area contributed by atoms with Crippen LogP contribution in [0, 0.1) is 0 Å². The van der Waals surface area contributed by atoms with Crippen molar-refractivity contribution in [1.82, 2.24) is 5.32 Å². The van der Waals surface area contributed by atoms with Crippen LogP contribution in [0.1, 0.15) is 31.7 Å². The molecule has 1 aromatic carbocycles. The van der Waals surface area contributed by atoms with Crippen molar-refractivity contribution in [2.75, 3.05) is 7.11 Å². The minimum absolute atomic E-state index is 0.0676. The number of allylic oxidation sites excluding steroid dienone is 1. The van der Waals surface area contributed by atoms with Gasteiger partial charge in [-0.2, -0.15) is 0 Å². The summed E-state index contributed by atoms with van der Waals surface area (Å²) >= 11 is 0. The lowest BCUT2D eigenvalue weighted by Gasteiger charge is -2.14. The largest absolute Gasteiger partial charge is 0.467 e. The van der Waals surface area contributed by atoms with Crippen molar-refractivity contribution in [3.63, 3.8) is 0 Å². The number of nitrogens with one attached hydrogen (secondary N) is 1. The summed E-state index contributed by atoms with van der Waals surface area (Å²) < 4.78 is 9.70. The Labute approximate surface area is 152 Å². The molecule has 0 aromatic heterocycles. The molecule has 0 saturated carbocycles. The molecule has 0 spiro atoms. The third-order valence-electron chi connectivity index (χ3n) is 3.39. The quantitative estimate of drug-likeness (QED) is 0.507. The van der Waals surface area contributed by atoms with E-state index in [4.69, 9.17) is 4.74 Å². The maximum Gasteiger partial charge on any atom is 0.408 e. The number of rotatable bonds is 10. The Morgan fingerprint density at radius 1 is 1.12 bits per heavy atom. The first kappa shape index (κ1) is 21.1. The van der Waals surface area contributed by atoms with E-state index in [9.17, 15) is 19.2 Å². The molecule has 1 atom stereocenters. The molecular formula is C19H23NO6. The number of ketones is 2. The van der Waals surface area contributed by atoms with Gasteiger partial charge in [0.05, 0.1) is 7.11 Å². The highest BCUT2D eigenvalue weighted by molar-refractivity contribution is 5.92. The molecule has 0 radical (unpaired) electrons. The van der Waals surface area contributed by atoms with Crippen molar-refractivity contribution >= 4 is 23.6 Å². The van der Waals surface area contributed by atoms with Crippen molar-refractivity contribution in [3.05, 3.63) is 48.0 Å². The number of amides is 1. The van der Waals surface area contributed by atoms with E-state index in [0.29, 0.717) is 0 Å². The number of ether oxygens (including phenoxy) is 2. The third-order valence-corrected chi connectivity index (χ3v) is 3.39. The number of carbonyl (C=O) groups excluding carboxylic acids is 4. The molecule has 0 aliphatic carbocycles. The van der Waals surface area contributed by atoms with Crippen LogP contribution < -0.4 is 5.32 Å². The second kappa shape index (κ2) is 11.6. The van der Waals surface area contributed by atoms with Gasteiger partial charge >= 0.3 is 12.1 Å². The van der Waals surface area contributed by atoms with Crippen LogP contribution in [-0.2, 0) is 30.5 Å². The maximum absolute atomic E-state index is 11.9. The van der Waals surface area contributed by atoms with Gasteiger partial charge in [-0.15, -0.1) is 0 Å². The Bertz CT molecular complexity index is 653. The van der Waals surface area contributed by atoms with Crippen molar-refractivity contribution in [1.29, 1.82) is 0 Å². The molecule has 7 heteroatoms. The number of alkyl carbamates (subject to hydrolysis) is 1. The van der Waals surface area contributed by atoms with E-state index in [1.165, 1.54) is 26.2 Å². The molecule has 0 bridgehead atoms. The van der Waals surface area contributed by atoms with Crippen molar-refractivity contribution in [3.8, 4) is 0 Å². The molecule has 0 aliphatic rings. The molecule has 7 nitrogen and oxygen atoms in total. The third kappa shape index (κ3) is 8.77. The number of hydrogen-bond donors (Lipinski definition) is 1. The molecule has 0 aliphatic heterocycles. The molecule has 1 unspecified atom stereocenters. The zero-order valence-corrected chi connectivity index (χ0v) is 14.9. The van der Waals surface area contributed by atoms with Gasteiger partial charge in [0.1, 0.15) is 18.4 Å². The lowest BCUT2D eigenvalue weighted by atomic mass is 10.1. The van der Waals surface area contributed by atoms with Gasteiger partial charge in [0.2, 0.25) is 0 Å². The SMILES string of the molecule is COC(=O)C(C/C=C/C(=O)CCC(C)=O)NC(=O)OCc1ccccc1. The minimum atomic E-state index is -0.972. The van der Waals surface area contributed by atoms with Crippen LogP contribution in [0.15, 0.2) is 42.5 Å². The molecule has 1 amide bonds. The van der Waals surface area contributed by atoms with E-state index in [2.05, 4.69) is 10.1 Å². The van der Waals surface area contributed by atoms with Gasteiger partial charge in [0, 0.05) is 12.8 Å². The van der Waals surface area contributed by atoms with Gasteiger partial charge in [0.15, 0.2) is 5.78 Å². The zero-order valence-electron chi connectivity index (χ0n) is 14.9. The maximum atomic E-state index is 11.9. The fourth-order valence-corrected chi connectivity index (χ4v) is 1.98. The fourth-order valence-electron chi connectivity index (χ4n) is 1.98. The normalized spacial score (nSPS) is 11.6. The van der Waals surface area contributed by atoms with Crippen LogP contribution in [-0.4, -0.2) is 36.8 Å². The lowest BCUT2D eigenvalue weighted by Crippen LogP contribution is -2.41. The minimum Gasteiger partial charge on any atom is -0.467 e. The van der Waals surface area contributed by atoms with E-state index in [0.717, 1.165) is 5.56 Å². The van der Waals surface area contributed by atoms with Gasteiger partial charge in [-0.3, -0.25) is 4.79 Å². The number of esters is 1. The molecule has 1 aromatic rings. The Morgan fingerprint density at radius 2 is 1.81 bits per heavy atom. The molecule has 0 fully saturated rings. The Hall–Kier alpha value is -2.96. The van der Waals surface area contributed by atoms with Gasteiger partial charge in [-0.1, -0.05) is 36.4 Å². The van der Waals surface area contributed by atoms with Gasteiger partial charge in [-0.05, 0) is 25.0 Å². The van der Waals surface area contributed by atoms with E-state index in [1.54, 1.807) is 12.1 Å². The smallest absolute Gasteiger partial charge is 0.408 e. The highest BCUT2D eigenvalue weighted by Crippen LogP contribution is 2.03. The molecule has 0 saturated heterocycles. The van der Waals surface area contributed by atoms with Crippen LogP contribution >= 0.6 is 0 Å². The fraction of sp³-hybridized carbons (Fsp3) is 0.368. The van der Waals surface area contributed by atoms with Gasteiger partial charge in [0.25, 0.3) is 0 Å². The first-order valence-corrected chi connectivity index (χ1v) is 8.16. The van der Waals surface area contributed by atoms with Crippen LogP contribution in [0.25, 0.3) is 0 Å². The summed E-state index contributed by atoms with van der Waals surface area (Å²) in [6, 6.07) is 8.13. The van der Waals surface area contributed by atoms with Crippen molar-refractivity contribution < 1.29 is 28.7 Å². The number of methoxy groups -OCH3 is 1. The molecule has 1 N–H and O–H groups in total. The molecule has 1 rings (SSSR count). The zero-order chi connectivity index (χ0) is 19.4. The van der Waals surface area contributed by atoms with Crippen LogP contribution in [0.2, 0.25) is 0 Å². The summed E-state index contributed by atoms with van der Waals surface area (Å²) in [5, 5.41) is 2.41. The average Bonchev–Trinajstić information content (AvgIpc) is 2.64. The average molecular weight is 361 g/mol. The molecule has 140 valence electrons. The predicted octanol–water partition coefficient (Wildman–Crippen LogP) is 2.34. The number of carbonyl (C=O) groups is 4. The Balaban J connectivity index is 2.50. The number of hydrogen-bond acceptors (Lipinski definition) is 6. The second-order valence-electron chi connectivity index (χ2n) is 5.59. The van der Waals surface area contributed by atoms with Crippen molar-refractivity contribution in [2.45, 2.75) is 38.8 Å². The van der Waals surface area contributed by atoms with E-state index in [1.807, 2.05) is 18.2 Å². The van der Waals surface area contributed by atoms with Crippen molar-refractivity contribution in [2.24, 2.45) is 0 Å². The number of Topliss-reactive ketones (excluding diaryl/α,β-unsaturated/α-hetero) is 1. The Morgan fingerprint density at radius 3 is 2.42 bits per heavy atom. The molecular weight excluding hydrogens is 338 g/mol. The van der Waals surface area contributed by atoms with E-state index < -0.39 is 18.1 Å². The van der Waals surface area contributed by atoms with Crippen LogP contribution in [0.5, 0.6) is 0 Å². The van der Waals surface area contributed by atoms with E-state index in [-0.39, 0.29) is 37.4 Å². The predicted molar refractivity (Wildman–Crippen MR) is 94.2 cm³/mol. The summed E-state index contributed by atoms with van der Waals surface area (Å²) in [4.78, 5) is 46.0. The summed E-state index contributed by atoms with van der Waals surface area (Å²) in [6.07, 6.45) is 2.34. The lowest BCUT2D eigenvalue weighted by molar-refractivity contribution is -0.142. The molecule has 26 heavy (non-hydrogen) atoms. The Kier molecular flexibility index (Phi) is 9.38. The van der Waals surface area contributed by atoms with Crippen LogP contribution in [0.4, 0.5) is 4.79 Å². The van der Waals surface area contributed by atoms with Gasteiger partial charge in [-0.25, -0.2) is 9.59 Å². The monoisotopic (exact) mass is 361 g/mol. The molecule has 0 heterocycles. The van der Waals surface area contributed by atoms with E-state index >= 15 is 0 Å². The summed E-state index contributed by atoms with van der Waals surface area (Å²) in [6.45, 7) is 1.48. The summed E-state index contributed by atoms with van der Waals surface area (Å²) in [7, 11) is 1.20. The standard InChI is InChI=1S/C19H23NO6/c1-14(21)11-12-16(22)9-6-10-17(18(23)25-2)20-19(24)26-13-15-7-4-3-5-8-15/h3-9,17H,10-13H2,1-2H3,(H,20,24)/b9-6+. The summed E-state index contributed by atoms with van der Waals surface area (Å²) in [5.41, 5.74) is 0.813. The number of benzene rings is 1. The first-order valence-electron chi connectivity index (χ1n) is 8.16. The highest BCUT2D eigenvalue weighted by atomic mass is 16.6. The highest BCUT2D eigenvalue weighted by Gasteiger charge is 2.21. The van der Waals surface area contributed by atoms with Crippen LogP contribution in [0.3, 0.4) is 0 Å². The topological polar surface area (TPSA) is 98.8 Å².